The molecule has 4 nitrogen and oxygen atoms in total. The van der Waals surface area contributed by atoms with E-state index in [1.165, 1.54) is 24.8 Å². The molecule has 148 valence electrons. The smallest absolute Gasteiger partial charge is 0.244 e. The molecular weight excluding hydrogens is 372 g/mol. The van der Waals surface area contributed by atoms with Gasteiger partial charge in [0.1, 0.15) is 5.75 Å². The van der Waals surface area contributed by atoms with E-state index < -0.39 is 0 Å². The zero-order valence-electron chi connectivity index (χ0n) is 16.2. The highest BCUT2D eigenvalue weighted by Crippen LogP contribution is 2.25. The van der Waals surface area contributed by atoms with Gasteiger partial charge in [-0.15, -0.1) is 0 Å². The summed E-state index contributed by atoms with van der Waals surface area (Å²) in [7, 11) is 1.67. The molecule has 1 atom stereocenters. The monoisotopic (exact) mass is 398 g/mol. The largest absolute Gasteiger partial charge is 0.497 e. The van der Waals surface area contributed by atoms with Crippen LogP contribution in [0.3, 0.4) is 0 Å². The molecule has 28 heavy (non-hydrogen) atoms. The minimum Gasteiger partial charge on any atom is -0.497 e. The van der Waals surface area contributed by atoms with Gasteiger partial charge in [0, 0.05) is 17.6 Å². The molecule has 2 aromatic rings. The van der Waals surface area contributed by atoms with Gasteiger partial charge in [-0.05, 0) is 67.4 Å². The lowest BCUT2D eigenvalue weighted by atomic mass is 10.0. The van der Waals surface area contributed by atoms with Gasteiger partial charge >= 0.3 is 0 Å². The van der Waals surface area contributed by atoms with E-state index in [0.717, 1.165) is 24.4 Å². The summed E-state index contributed by atoms with van der Waals surface area (Å²) in [5, 5.41) is 3.75. The second kappa shape index (κ2) is 10.3. The number of halogens is 1. The fourth-order valence-corrected chi connectivity index (χ4v) is 3.64. The summed E-state index contributed by atoms with van der Waals surface area (Å²) in [6.45, 7) is 2.70. The highest BCUT2D eigenvalue weighted by atomic mass is 35.5. The van der Waals surface area contributed by atoms with Crippen LogP contribution >= 0.6 is 11.6 Å². The predicted molar refractivity (Wildman–Crippen MR) is 115 cm³/mol. The Kier molecular flexibility index (Phi) is 7.52. The number of carbonyl (C=O) groups is 1. The van der Waals surface area contributed by atoms with Crippen LogP contribution < -0.4 is 10.1 Å². The van der Waals surface area contributed by atoms with Crippen molar-refractivity contribution in [1.29, 1.82) is 0 Å². The number of piperidine rings is 1. The summed E-state index contributed by atoms with van der Waals surface area (Å²) in [6, 6.07) is 15.7. The number of likely N-dealkylation sites (tertiary alicyclic amines) is 1. The number of ether oxygens (including phenoxy) is 1. The lowest BCUT2D eigenvalue weighted by Gasteiger charge is -2.35. The lowest BCUT2D eigenvalue weighted by Crippen LogP contribution is -2.40. The van der Waals surface area contributed by atoms with E-state index in [4.69, 9.17) is 16.3 Å². The van der Waals surface area contributed by atoms with Crippen LogP contribution in [-0.4, -0.2) is 37.6 Å². The molecule has 2 aromatic carbocycles. The van der Waals surface area contributed by atoms with Crippen molar-refractivity contribution in [1.82, 2.24) is 10.2 Å². The number of nitrogens with one attached hydrogen (secondary N) is 1. The normalized spacial score (nSPS) is 16.1. The van der Waals surface area contributed by atoms with Crippen molar-refractivity contribution in [2.75, 3.05) is 26.7 Å². The van der Waals surface area contributed by atoms with Crippen LogP contribution in [0.25, 0.3) is 6.08 Å². The molecule has 0 spiro atoms. The second-order valence-corrected chi connectivity index (χ2v) is 7.45. The van der Waals surface area contributed by atoms with Gasteiger partial charge < -0.3 is 10.1 Å². The maximum Gasteiger partial charge on any atom is 0.244 e. The van der Waals surface area contributed by atoms with Gasteiger partial charge in [-0.3, -0.25) is 9.69 Å². The van der Waals surface area contributed by atoms with E-state index >= 15 is 0 Å². The lowest BCUT2D eigenvalue weighted by molar-refractivity contribution is -0.116. The van der Waals surface area contributed by atoms with Crippen LogP contribution in [0.1, 0.15) is 36.4 Å². The standard InChI is InChI=1S/C23H27ClN2O2/c1-28-21-12-8-19(9-13-21)22(26-15-3-2-4-16-26)17-25-23(27)14-7-18-5-10-20(24)11-6-18/h5-14,22H,2-4,15-17H2,1H3,(H,25,27)/b14-7+/t22-/m1/s1. The number of methoxy groups -OCH3 is 1. The number of carbonyl (C=O) groups excluding carboxylic acids is 1. The average Bonchev–Trinajstić information content (AvgIpc) is 2.74. The Hall–Kier alpha value is -2.30. The second-order valence-electron chi connectivity index (χ2n) is 7.02. The number of benzene rings is 2. The molecule has 0 aromatic heterocycles. The molecule has 5 heteroatoms. The molecular formula is C23H27ClN2O2. The van der Waals surface area contributed by atoms with Crippen molar-refractivity contribution in [2.24, 2.45) is 0 Å². The average molecular weight is 399 g/mol. The minimum atomic E-state index is -0.0922. The third-order valence-corrected chi connectivity index (χ3v) is 5.35. The molecule has 3 rings (SSSR count). The fourth-order valence-electron chi connectivity index (χ4n) is 3.52. The van der Waals surface area contributed by atoms with Crippen LogP contribution in [-0.2, 0) is 4.79 Å². The topological polar surface area (TPSA) is 41.6 Å². The van der Waals surface area contributed by atoms with E-state index in [9.17, 15) is 4.79 Å². The van der Waals surface area contributed by atoms with Gasteiger partial charge in [0.15, 0.2) is 0 Å². The van der Waals surface area contributed by atoms with Crippen LogP contribution in [0.4, 0.5) is 0 Å². The first kappa shape index (κ1) is 20.4. The Bertz CT molecular complexity index is 781. The fraction of sp³-hybridized carbons (Fsp3) is 0.348. The zero-order chi connectivity index (χ0) is 19.8. The molecule has 0 unspecified atom stereocenters. The Morgan fingerprint density at radius 1 is 1.11 bits per heavy atom. The predicted octanol–water partition coefficient (Wildman–Crippen LogP) is 4.71. The first-order chi connectivity index (χ1) is 13.7. The zero-order valence-corrected chi connectivity index (χ0v) is 17.0. The van der Waals surface area contributed by atoms with Crippen molar-refractivity contribution in [2.45, 2.75) is 25.3 Å². The Labute approximate surface area is 172 Å². The minimum absolute atomic E-state index is 0.0922. The van der Waals surface area contributed by atoms with Crippen LogP contribution in [0.15, 0.2) is 54.6 Å². The number of rotatable bonds is 7. The van der Waals surface area contributed by atoms with E-state index in [1.54, 1.807) is 19.3 Å². The van der Waals surface area contributed by atoms with Crippen molar-refractivity contribution in [3.05, 3.63) is 70.8 Å². The van der Waals surface area contributed by atoms with Gasteiger partial charge in [-0.1, -0.05) is 42.3 Å². The quantitative estimate of drug-likeness (QED) is 0.687. The Morgan fingerprint density at radius 3 is 2.43 bits per heavy atom. The van der Waals surface area contributed by atoms with E-state index in [2.05, 4.69) is 22.3 Å². The molecule has 0 saturated carbocycles. The Balaban J connectivity index is 1.64. The van der Waals surface area contributed by atoms with Crippen LogP contribution in [0.2, 0.25) is 5.02 Å². The summed E-state index contributed by atoms with van der Waals surface area (Å²) in [5.41, 5.74) is 2.15. The van der Waals surface area contributed by atoms with Gasteiger partial charge in [-0.2, -0.15) is 0 Å². The van der Waals surface area contributed by atoms with Crippen molar-refractivity contribution in [3.8, 4) is 5.75 Å². The molecule has 0 radical (unpaired) electrons. The number of hydrogen-bond donors (Lipinski definition) is 1. The molecule has 1 N–H and O–H groups in total. The molecule has 1 fully saturated rings. The SMILES string of the molecule is COc1ccc([C@@H](CNC(=O)/C=C/c2ccc(Cl)cc2)N2CCCCC2)cc1. The molecule has 1 saturated heterocycles. The summed E-state index contributed by atoms with van der Waals surface area (Å²) in [6.07, 6.45) is 7.07. The molecule has 1 heterocycles. The van der Waals surface area contributed by atoms with Gasteiger partial charge in [0.05, 0.1) is 13.2 Å². The van der Waals surface area contributed by atoms with Crippen molar-refractivity contribution in [3.63, 3.8) is 0 Å². The molecule has 1 aliphatic rings. The maximum atomic E-state index is 12.3. The molecule has 1 aliphatic heterocycles. The highest BCUT2D eigenvalue weighted by Gasteiger charge is 2.22. The number of hydrogen-bond acceptors (Lipinski definition) is 3. The molecule has 0 aliphatic carbocycles. The van der Waals surface area contributed by atoms with Crippen molar-refractivity contribution >= 4 is 23.6 Å². The van der Waals surface area contributed by atoms with E-state index in [1.807, 2.05) is 36.4 Å². The highest BCUT2D eigenvalue weighted by molar-refractivity contribution is 6.30. The van der Waals surface area contributed by atoms with E-state index in [0.29, 0.717) is 11.6 Å². The van der Waals surface area contributed by atoms with E-state index in [-0.39, 0.29) is 11.9 Å². The molecule has 1 amide bonds. The van der Waals surface area contributed by atoms with Gasteiger partial charge in [0.2, 0.25) is 5.91 Å². The first-order valence-corrected chi connectivity index (χ1v) is 10.1. The van der Waals surface area contributed by atoms with Crippen LogP contribution in [0, 0.1) is 0 Å². The summed E-state index contributed by atoms with van der Waals surface area (Å²) in [4.78, 5) is 14.8. The van der Waals surface area contributed by atoms with Gasteiger partial charge in [0.25, 0.3) is 0 Å². The number of amides is 1. The Morgan fingerprint density at radius 2 is 1.79 bits per heavy atom. The summed E-state index contributed by atoms with van der Waals surface area (Å²) < 4.78 is 5.27. The maximum absolute atomic E-state index is 12.3. The van der Waals surface area contributed by atoms with Crippen LogP contribution in [0.5, 0.6) is 5.75 Å². The first-order valence-electron chi connectivity index (χ1n) is 9.75. The summed E-state index contributed by atoms with van der Waals surface area (Å²) in [5.74, 6) is 0.751. The number of nitrogens with zero attached hydrogens (tertiary/aromatic N) is 1. The van der Waals surface area contributed by atoms with Crippen molar-refractivity contribution < 1.29 is 9.53 Å². The molecule has 0 bridgehead atoms. The van der Waals surface area contributed by atoms with Gasteiger partial charge in [-0.25, -0.2) is 0 Å². The third kappa shape index (κ3) is 5.85. The third-order valence-electron chi connectivity index (χ3n) is 5.10. The summed E-state index contributed by atoms with van der Waals surface area (Å²) >= 11 is 5.89.